The molecule has 1 fully saturated rings. The standard InChI is InChI=1S/C22H24ClN3O3/c1-13(2)29-20-15(23)11-14(12-19(20)28-3)22(27)26-10-6-9-18(26)21-24-16-7-4-5-8-17(16)25-21/h4-5,7-8,11-13,18H,6,9-10H2,1-3H3,(H,24,25)/t18-/m1/s1. The number of aromatic amines is 1. The molecule has 2 heterocycles. The van der Waals surface area contributed by atoms with E-state index in [-0.39, 0.29) is 18.1 Å². The molecule has 0 unspecified atom stereocenters. The zero-order valence-corrected chi connectivity index (χ0v) is 17.5. The van der Waals surface area contributed by atoms with E-state index in [4.69, 9.17) is 26.1 Å². The molecule has 6 nitrogen and oxygen atoms in total. The first-order valence-electron chi connectivity index (χ1n) is 9.77. The number of carbonyl (C=O) groups is 1. The third-order valence-corrected chi connectivity index (χ3v) is 5.35. The number of likely N-dealkylation sites (tertiary alicyclic amines) is 1. The largest absolute Gasteiger partial charge is 0.493 e. The van der Waals surface area contributed by atoms with Crippen molar-refractivity contribution in [1.82, 2.24) is 14.9 Å². The fourth-order valence-electron chi connectivity index (χ4n) is 3.78. The fourth-order valence-corrected chi connectivity index (χ4v) is 4.04. The molecule has 3 aromatic rings. The molecule has 0 radical (unpaired) electrons. The molecular weight excluding hydrogens is 390 g/mol. The first-order chi connectivity index (χ1) is 14.0. The van der Waals surface area contributed by atoms with Crippen molar-refractivity contribution in [3.05, 3.63) is 52.8 Å². The zero-order valence-electron chi connectivity index (χ0n) is 16.7. The fraction of sp³-hybridized carbons (Fsp3) is 0.364. The molecule has 0 bridgehead atoms. The van der Waals surface area contributed by atoms with Gasteiger partial charge in [-0.1, -0.05) is 23.7 Å². The van der Waals surface area contributed by atoms with E-state index in [1.54, 1.807) is 19.2 Å². The molecule has 4 rings (SSSR count). The SMILES string of the molecule is COc1cc(C(=O)N2CCC[C@@H]2c2nc3ccccc3[nH]2)cc(Cl)c1OC(C)C. The number of halogens is 1. The van der Waals surface area contributed by atoms with Crippen LogP contribution in [0.15, 0.2) is 36.4 Å². The highest BCUT2D eigenvalue weighted by molar-refractivity contribution is 6.32. The van der Waals surface area contributed by atoms with Gasteiger partial charge in [0.05, 0.1) is 35.3 Å². The van der Waals surface area contributed by atoms with Crippen molar-refractivity contribution in [2.45, 2.75) is 38.8 Å². The Kier molecular flexibility index (Phi) is 5.37. The summed E-state index contributed by atoms with van der Waals surface area (Å²) in [5, 5.41) is 0.362. The molecule has 152 valence electrons. The number of carbonyl (C=O) groups excluding carboxylic acids is 1. The molecule has 1 aliphatic heterocycles. The lowest BCUT2D eigenvalue weighted by Gasteiger charge is -2.24. The van der Waals surface area contributed by atoms with E-state index in [0.29, 0.717) is 28.6 Å². The molecule has 0 saturated carbocycles. The predicted octanol–water partition coefficient (Wildman–Crippen LogP) is 4.99. The summed E-state index contributed by atoms with van der Waals surface area (Å²) < 4.78 is 11.2. The predicted molar refractivity (Wildman–Crippen MR) is 113 cm³/mol. The first kappa shape index (κ1) is 19.6. The Labute approximate surface area is 174 Å². The molecule has 1 saturated heterocycles. The summed E-state index contributed by atoms with van der Waals surface area (Å²) in [6.07, 6.45) is 1.73. The molecule has 1 aliphatic rings. The number of rotatable bonds is 5. The number of hydrogen-bond acceptors (Lipinski definition) is 4. The Bertz CT molecular complexity index is 1010. The molecule has 1 N–H and O–H groups in total. The number of H-pyrrole nitrogens is 1. The highest BCUT2D eigenvalue weighted by atomic mass is 35.5. The topological polar surface area (TPSA) is 67.5 Å². The molecule has 0 spiro atoms. The Morgan fingerprint density at radius 3 is 2.83 bits per heavy atom. The van der Waals surface area contributed by atoms with E-state index >= 15 is 0 Å². The molecule has 0 aliphatic carbocycles. The van der Waals surface area contributed by atoms with E-state index in [1.807, 2.05) is 43.0 Å². The normalized spacial score (nSPS) is 16.6. The second kappa shape index (κ2) is 7.95. The van der Waals surface area contributed by atoms with Gasteiger partial charge in [-0.3, -0.25) is 4.79 Å². The average Bonchev–Trinajstić information content (AvgIpc) is 3.34. The third-order valence-electron chi connectivity index (χ3n) is 5.07. The number of nitrogens with one attached hydrogen (secondary N) is 1. The van der Waals surface area contributed by atoms with Gasteiger partial charge < -0.3 is 19.4 Å². The second-order valence-corrected chi connectivity index (χ2v) is 7.86. The Balaban J connectivity index is 1.65. The summed E-state index contributed by atoms with van der Waals surface area (Å²) >= 11 is 6.42. The van der Waals surface area contributed by atoms with E-state index in [9.17, 15) is 4.79 Å². The minimum atomic E-state index is -0.0933. The Morgan fingerprint density at radius 1 is 1.31 bits per heavy atom. The maximum absolute atomic E-state index is 13.3. The van der Waals surface area contributed by atoms with E-state index < -0.39 is 0 Å². The molecule has 2 aromatic carbocycles. The summed E-state index contributed by atoms with van der Waals surface area (Å²) in [7, 11) is 1.54. The van der Waals surface area contributed by atoms with Crippen LogP contribution in [-0.2, 0) is 0 Å². The van der Waals surface area contributed by atoms with Gasteiger partial charge in [0.1, 0.15) is 5.82 Å². The number of fused-ring (bicyclic) bond motifs is 1. The number of aromatic nitrogens is 2. The average molecular weight is 414 g/mol. The van der Waals surface area contributed by atoms with Gasteiger partial charge in [-0.2, -0.15) is 0 Å². The third kappa shape index (κ3) is 3.77. The van der Waals surface area contributed by atoms with Gasteiger partial charge in [0.25, 0.3) is 5.91 Å². The summed E-state index contributed by atoms with van der Waals surface area (Å²) in [6.45, 7) is 4.50. The summed E-state index contributed by atoms with van der Waals surface area (Å²) in [6, 6.07) is 11.1. The maximum Gasteiger partial charge on any atom is 0.254 e. The van der Waals surface area contributed by atoms with E-state index in [2.05, 4.69) is 4.98 Å². The minimum Gasteiger partial charge on any atom is -0.493 e. The highest BCUT2D eigenvalue weighted by Crippen LogP contribution is 2.39. The van der Waals surface area contributed by atoms with Crippen LogP contribution in [0.2, 0.25) is 5.02 Å². The van der Waals surface area contributed by atoms with Crippen LogP contribution in [-0.4, -0.2) is 40.5 Å². The summed E-state index contributed by atoms with van der Waals surface area (Å²) in [4.78, 5) is 23.2. The quantitative estimate of drug-likeness (QED) is 0.639. The van der Waals surface area contributed by atoms with Crippen molar-refractivity contribution in [1.29, 1.82) is 0 Å². The first-order valence-corrected chi connectivity index (χ1v) is 10.2. The number of ether oxygens (including phenoxy) is 2. The van der Waals surface area contributed by atoms with Gasteiger partial charge >= 0.3 is 0 Å². The minimum absolute atomic E-state index is 0.0565. The van der Waals surface area contributed by atoms with Crippen molar-refractivity contribution in [3.63, 3.8) is 0 Å². The number of benzene rings is 2. The van der Waals surface area contributed by atoms with Crippen molar-refractivity contribution in [3.8, 4) is 11.5 Å². The van der Waals surface area contributed by atoms with Gasteiger partial charge in [-0.05, 0) is 51.0 Å². The number of hydrogen-bond donors (Lipinski definition) is 1. The van der Waals surface area contributed by atoms with Gasteiger partial charge in [-0.25, -0.2) is 4.98 Å². The summed E-state index contributed by atoms with van der Waals surface area (Å²) in [5.74, 6) is 1.63. The van der Waals surface area contributed by atoms with Gasteiger partial charge in [-0.15, -0.1) is 0 Å². The van der Waals surface area contributed by atoms with Gasteiger partial charge in [0.2, 0.25) is 0 Å². The number of imidazole rings is 1. The number of methoxy groups -OCH3 is 1. The van der Waals surface area contributed by atoms with Crippen molar-refractivity contribution >= 4 is 28.5 Å². The second-order valence-electron chi connectivity index (χ2n) is 7.45. The van der Waals surface area contributed by atoms with Crippen LogP contribution in [0.25, 0.3) is 11.0 Å². The Morgan fingerprint density at radius 2 is 2.10 bits per heavy atom. The lowest BCUT2D eigenvalue weighted by atomic mass is 10.1. The van der Waals surface area contributed by atoms with Crippen molar-refractivity contribution in [2.24, 2.45) is 0 Å². The van der Waals surface area contributed by atoms with E-state index in [0.717, 1.165) is 29.7 Å². The van der Waals surface area contributed by atoms with Crippen LogP contribution in [0.5, 0.6) is 11.5 Å². The smallest absolute Gasteiger partial charge is 0.254 e. The molecule has 29 heavy (non-hydrogen) atoms. The van der Waals surface area contributed by atoms with Crippen LogP contribution in [0, 0.1) is 0 Å². The van der Waals surface area contributed by atoms with Crippen molar-refractivity contribution in [2.75, 3.05) is 13.7 Å². The maximum atomic E-state index is 13.3. The monoisotopic (exact) mass is 413 g/mol. The van der Waals surface area contributed by atoms with E-state index in [1.165, 1.54) is 0 Å². The van der Waals surface area contributed by atoms with Gasteiger partial charge in [0, 0.05) is 12.1 Å². The van der Waals surface area contributed by atoms with Crippen molar-refractivity contribution < 1.29 is 14.3 Å². The van der Waals surface area contributed by atoms with Gasteiger partial charge in [0.15, 0.2) is 11.5 Å². The van der Waals surface area contributed by atoms with Crippen LogP contribution in [0.4, 0.5) is 0 Å². The van der Waals surface area contributed by atoms with Crippen LogP contribution < -0.4 is 9.47 Å². The molecule has 7 heteroatoms. The number of para-hydroxylation sites is 2. The Hall–Kier alpha value is -2.73. The number of amides is 1. The summed E-state index contributed by atoms with van der Waals surface area (Å²) in [5.41, 5.74) is 2.36. The lowest BCUT2D eigenvalue weighted by molar-refractivity contribution is 0.0730. The van der Waals surface area contributed by atoms with Crippen LogP contribution in [0.1, 0.15) is 48.9 Å². The highest BCUT2D eigenvalue weighted by Gasteiger charge is 2.33. The van der Waals surface area contributed by atoms with Crippen LogP contribution in [0.3, 0.4) is 0 Å². The molecule has 1 aromatic heterocycles. The zero-order chi connectivity index (χ0) is 20.5. The molecule has 1 atom stereocenters. The molecule has 1 amide bonds. The van der Waals surface area contributed by atoms with Crippen LogP contribution >= 0.6 is 11.6 Å². The molecular formula is C22H24ClN3O3. The lowest BCUT2D eigenvalue weighted by Crippen LogP contribution is -2.31. The number of nitrogens with zero attached hydrogens (tertiary/aromatic N) is 2.